The van der Waals surface area contributed by atoms with Crippen molar-refractivity contribution in [3.05, 3.63) is 66.1 Å². The van der Waals surface area contributed by atoms with Gasteiger partial charge in [-0.3, -0.25) is 4.79 Å². The Kier molecular flexibility index (Phi) is 4.19. The summed E-state index contributed by atoms with van der Waals surface area (Å²) in [5.41, 5.74) is 2.83. The van der Waals surface area contributed by atoms with Gasteiger partial charge in [0, 0.05) is 29.2 Å². The molecule has 0 aliphatic heterocycles. The molecule has 1 amide bonds. The minimum Gasteiger partial charge on any atom is -0.361 e. The standard InChI is InChI=1S/C18H17FN2O/c19-14-6-4-7-15(11-14)21-18(22)10-3-5-13-12-20-17-9-2-1-8-16(13)17/h1-2,4,6-9,11-12,20H,3,5,10H2,(H,21,22). The number of hydrogen-bond acceptors (Lipinski definition) is 1. The van der Waals surface area contributed by atoms with Crippen LogP contribution >= 0.6 is 0 Å². The number of carbonyl (C=O) groups is 1. The van der Waals surface area contributed by atoms with E-state index in [1.807, 2.05) is 24.4 Å². The number of nitrogens with one attached hydrogen (secondary N) is 2. The Morgan fingerprint density at radius 2 is 2.00 bits per heavy atom. The highest BCUT2D eigenvalue weighted by Gasteiger charge is 2.06. The third-order valence-corrected chi connectivity index (χ3v) is 3.63. The van der Waals surface area contributed by atoms with Gasteiger partial charge in [-0.05, 0) is 42.7 Å². The number of rotatable bonds is 5. The molecule has 3 rings (SSSR count). The molecule has 0 radical (unpaired) electrons. The zero-order valence-electron chi connectivity index (χ0n) is 12.1. The first kappa shape index (κ1) is 14.3. The fourth-order valence-electron chi connectivity index (χ4n) is 2.57. The van der Waals surface area contributed by atoms with Crippen LogP contribution in [0.3, 0.4) is 0 Å². The lowest BCUT2D eigenvalue weighted by molar-refractivity contribution is -0.116. The van der Waals surface area contributed by atoms with E-state index in [-0.39, 0.29) is 11.7 Å². The zero-order valence-corrected chi connectivity index (χ0v) is 12.1. The monoisotopic (exact) mass is 296 g/mol. The molecule has 2 N–H and O–H groups in total. The average molecular weight is 296 g/mol. The quantitative estimate of drug-likeness (QED) is 0.725. The Labute approximate surface area is 128 Å². The molecule has 0 unspecified atom stereocenters. The summed E-state index contributed by atoms with van der Waals surface area (Å²) in [6.07, 6.45) is 3.99. The summed E-state index contributed by atoms with van der Waals surface area (Å²) >= 11 is 0. The summed E-state index contributed by atoms with van der Waals surface area (Å²) in [5.74, 6) is -0.443. The molecule has 4 heteroatoms. The second kappa shape index (κ2) is 6.43. The van der Waals surface area contributed by atoms with Crippen molar-refractivity contribution in [3.8, 4) is 0 Å². The molecule has 22 heavy (non-hydrogen) atoms. The third-order valence-electron chi connectivity index (χ3n) is 3.63. The van der Waals surface area contributed by atoms with E-state index >= 15 is 0 Å². The summed E-state index contributed by atoms with van der Waals surface area (Å²) in [7, 11) is 0. The van der Waals surface area contributed by atoms with Gasteiger partial charge in [-0.2, -0.15) is 0 Å². The van der Waals surface area contributed by atoms with E-state index in [4.69, 9.17) is 0 Å². The van der Waals surface area contributed by atoms with Gasteiger partial charge in [-0.1, -0.05) is 24.3 Å². The minimum absolute atomic E-state index is 0.0922. The van der Waals surface area contributed by atoms with Crippen LogP contribution in [0, 0.1) is 5.82 Å². The van der Waals surface area contributed by atoms with Crippen LogP contribution in [0.15, 0.2) is 54.7 Å². The number of H-pyrrole nitrogens is 1. The molecule has 0 bridgehead atoms. The van der Waals surface area contributed by atoms with E-state index < -0.39 is 0 Å². The minimum atomic E-state index is -0.350. The summed E-state index contributed by atoms with van der Waals surface area (Å²) in [6, 6.07) is 14.1. The van der Waals surface area contributed by atoms with Crippen LogP contribution in [-0.2, 0) is 11.2 Å². The first-order valence-corrected chi connectivity index (χ1v) is 7.33. The fourth-order valence-corrected chi connectivity index (χ4v) is 2.57. The second-order valence-electron chi connectivity index (χ2n) is 5.27. The van der Waals surface area contributed by atoms with Gasteiger partial charge in [0.25, 0.3) is 0 Å². The lowest BCUT2D eigenvalue weighted by Crippen LogP contribution is -2.11. The first-order valence-electron chi connectivity index (χ1n) is 7.33. The van der Waals surface area contributed by atoms with Crippen molar-refractivity contribution in [3.63, 3.8) is 0 Å². The topological polar surface area (TPSA) is 44.9 Å². The zero-order chi connectivity index (χ0) is 15.4. The molecule has 2 aromatic carbocycles. The molecule has 0 fully saturated rings. The first-order chi connectivity index (χ1) is 10.7. The highest BCUT2D eigenvalue weighted by atomic mass is 19.1. The number of amides is 1. The predicted molar refractivity (Wildman–Crippen MR) is 86.3 cm³/mol. The molecule has 1 aromatic heterocycles. The number of halogens is 1. The van der Waals surface area contributed by atoms with Gasteiger partial charge in [0.05, 0.1) is 0 Å². The van der Waals surface area contributed by atoms with Crippen molar-refractivity contribution >= 4 is 22.5 Å². The number of aryl methyl sites for hydroxylation is 1. The van der Waals surface area contributed by atoms with Crippen LogP contribution in [0.1, 0.15) is 18.4 Å². The highest BCUT2D eigenvalue weighted by Crippen LogP contribution is 2.19. The predicted octanol–water partition coefficient (Wildman–Crippen LogP) is 4.27. The number of anilines is 1. The Bertz CT molecular complexity index is 794. The van der Waals surface area contributed by atoms with E-state index in [1.54, 1.807) is 12.1 Å². The van der Waals surface area contributed by atoms with Gasteiger partial charge < -0.3 is 10.3 Å². The van der Waals surface area contributed by atoms with Crippen LogP contribution in [0.5, 0.6) is 0 Å². The molecule has 0 aliphatic carbocycles. The maximum atomic E-state index is 13.0. The molecule has 3 aromatic rings. The fraction of sp³-hybridized carbons (Fsp3) is 0.167. The Morgan fingerprint density at radius 3 is 2.86 bits per heavy atom. The summed E-state index contributed by atoms with van der Waals surface area (Å²) in [5, 5.41) is 3.92. The molecule has 0 aliphatic rings. The number of fused-ring (bicyclic) bond motifs is 1. The molecular weight excluding hydrogens is 279 g/mol. The third kappa shape index (κ3) is 3.34. The van der Waals surface area contributed by atoms with Crippen LogP contribution in [0.25, 0.3) is 10.9 Å². The number of aromatic amines is 1. The molecule has 0 spiro atoms. The lowest BCUT2D eigenvalue weighted by Gasteiger charge is -2.05. The number of para-hydroxylation sites is 1. The van der Waals surface area contributed by atoms with Gasteiger partial charge in [0.15, 0.2) is 0 Å². The number of hydrogen-bond donors (Lipinski definition) is 2. The normalized spacial score (nSPS) is 10.8. The van der Waals surface area contributed by atoms with Crippen molar-refractivity contribution in [2.24, 2.45) is 0 Å². The largest absolute Gasteiger partial charge is 0.361 e. The molecule has 0 saturated carbocycles. The summed E-state index contributed by atoms with van der Waals surface area (Å²) < 4.78 is 13.0. The Hall–Kier alpha value is -2.62. The summed E-state index contributed by atoms with van der Waals surface area (Å²) in [6.45, 7) is 0. The summed E-state index contributed by atoms with van der Waals surface area (Å²) in [4.78, 5) is 15.1. The number of carbonyl (C=O) groups excluding carboxylic acids is 1. The van der Waals surface area contributed by atoms with Crippen molar-refractivity contribution in [1.82, 2.24) is 4.98 Å². The maximum absolute atomic E-state index is 13.0. The average Bonchev–Trinajstić information content (AvgIpc) is 2.91. The van der Waals surface area contributed by atoms with Crippen molar-refractivity contribution in [1.29, 1.82) is 0 Å². The lowest BCUT2D eigenvalue weighted by atomic mass is 10.1. The van der Waals surface area contributed by atoms with Crippen LogP contribution < -0.4 is 5.32 Å². The van der Waals surface area contributed by atoms with E-state index in [1.165, 1.54) is 23.1 Å². The number of aromatic nitrogens is 1. The van der Waals surface area contributed by atoms with Crippen molar-refractivity contribution in [2.45, 2.75) is 19.3 Å². The SMILES string of the molecule is O=C(CCCc1c[nH]c2ccccc12)Nc1cccc(F)c1. The highest BCUT2D eigenvalue weighted by molar-refractivity contribution is 5.90. The van der Waals surface area contributed by atoms with Crippen LogP contribution in [-0.4, -0.2) is 10.9 Å². The van der Waals surface area contributed by atoms with Crippen LogP contribution in [0.2, 0.25) is 0 Å². The van der Waals surface area contributed by atoms with E-state index in [9.17, 15) is 9.18 Å². The van der Waals surface area contributed by atoms with Crippen LogP contribution in [0.4, 0.5) is 10.1 Å². The molecule has 112 valence electrons. The van der Waals surface area contributed by atoms with E-state index in [0.717, 1.165) is 18.4 Å². The van der Waals surface area contributed by atoms with Gasteiger partial charge in [0.2, 0.25) is 5.91 Å². The van der Waals surface area contributed by atoms with Gasteiger partial charge >= 0.3 is 0 Å². The second-order valence-corrected chi connectivity index (χ2v) is 5.27. The molecule has 3 nitrogen and oxygen atoms in total. The Balaban J connectivity index is 1.53. The molecule has 0 saturated heterocycles. The molecule has 0 atom stereocenters. The molecular formula is C18H17FN2O. The van der Waals surface area contributed by atoms with E-state index in [2.05, 4.69) is 16.4 Å². The maximum Gasteiger partial charge on any atom is 0.224 e. The van der Waals surface area contributed by atoms with Gasteiger partial charge in [-0.15, -0.1) is 0 Å². The van der Waals surface area contributed by atoms with E-state index in [0.29, 0.717) is 12.1 Å². The van der Waals surface area contributed by atoms with Gasteiger partial charge in [0.1, 0.15) is 5.82 Å². The smallest absolute Gasteiger partial charge is 0.224 e. The van der Waals surface area contributed by atoms with Crippen molar-refractivity contribution < 1.29 is 9.18 Å². The van der Waals surface area contributed by atoms with Crippen molar-refractivity contribution in [2.75, 3.05) is 5.32 Å². The number of benzene rings is 2. The van der Waals surface area contributed by atoms with Gasteiger partial charge in [-0.25, -0.2) is 4.39 Å². The Morgan fingerprint density at radius 1 is 1.14 bits per heavy atom. The molecule has 1 heterocycles.